The Balaban J connectivity index is 2.98. The van der Waals surface area contributed by atoms with E-state index in [9.17, 15) is 34.1 Å². The third-order valence-corrected chi connectivity index (χ3v) is 5.43. The summed E-state index contributed by atoms with van der Waals surface area (Å²) in [6, 6.07) is -2.35. The lowest BCUT2D eigenvalue weighted by Crippen LogP contribution is -2.49. The zero-order valence-electron chi connectivity index (χ0n) is 20.9. The quantitative estimate of drug-likeness (QED) is 0.169. The topological polar surface area (TPSA) is 180 Å². The first-order chi connectivity index (χ1) is 17.0. The molecule has 1 aromatic heterocycles. The van der Waals surface area contributed by atoms with Crippen molar-refractivity contribution in [2.24, 2.45) is 0 Å². The molecule has 2 unspecified atom stereocenters. The van der Waals surface area contributed by atoms with Gasteiger partial charge in [-0.2, -0.15) is 0 Å². The molecular weight excluding hydrogens is 473 g/mol. The highest BCUT2D eigenvalue weighted by atomic mass is 19.1. The number of amides is 1. The van der Waals surface area contributed by atoms with Crippen LogP contribution in [0.5, 0.6) is 0 Å². The van der Waals surface area contributed by atoms with E-state index in [0.29, 0.717) is 25.8 Å². The number of ketones is 1. The monoisotopic (exact) mass is 508 g/mol. The predicted octanol–water partition coefficient (Wildman–Crippen LogP) is 1.26. The molecule has 0 saturated carbocycles. The number of carbonyl (C=O) groups is 3. The van der Waals surface area contributed by atoms with Crippen LogP contribution in [-0.2, 0) is 14.4 Å². The molecule has 0 aliphatic rings. The molecule has 36 heavy (non-hydrogen) atoms. The van der Waals surface area contributed by atoms with Crippen LogP contribution in [0.4, 0.5) is 10.2 Å². The van der Waals surface area contributed by atoms with Crippen molar-refractivity contribution in [1.82, 2.24) is 19.8 Å². The lowest BCUT2D eigenvalue weighted by atomic mass is 10.1. The molecule has 1 rings (SSSR count). The summed E-state index contributed by atoms with van der Waals surface area (Å²) in [4.78, 5) is 55.6. The van der Waals surface area contributed by atoms with Crippen molar-refractivity contribution in [2.45, 2.75) is 58.0 Å². The van der Waals surface area contributed by atoms with Crippen molar-refractivity contribution in [3.05, 3.63) is 28.2 Å². The van der Waals surface area contributed by atoms with Crippen LogP contribution in [0.2, 0.25) is 0 Å². The number of hydrogen-bond donors (Lipinski definition) is 4. The molecular formula is C23H35FN7O5-. The zero-order valence-corrected chi connectivity index (χ0v) is 20.9. The highest BCUT2D eigenvalue weighted by Crippen LogP contribution is 2.11. The van der Waals surface area contributed by atoms with E-state index in [1.807, 2.05) is 0 Å². The molecule has 12 nitrogen and oxygen atoms in total. The third-order valence-electron chi connectivity index (χ3n) is 5.43. The van der Waals surface area contributed by atoms with Gasteiger partial charge < -0.3 is 26.6 Å². The Kier molecular flexibility index (Phi) is 13.2. The molecule has 1 amide bonds. The molecule has 4 N–H and O–H groups in total. The number of Topliss-reactive ketones (excluding diaryl/α,β-unsaturated/α-hetero) is 1. The molecule has 2 atom stereocenters. The summed E-state index contributed by atoms with van der Waals surface area (Å²) in [6.07, 6.45) is 3.90. The van der Waals surface area contributed by atoms with Crippen LogP contribution in [0, 0.1) is 5.41 Å². The molecule has 0 bridgehead atoms. The highest BCUT2D eigenvalue weighted by Gasteiger charge is 2.28. The minimum atomic E-state index is -1.30. The number of rotatable bonds is 18. The first kappa shape index (κ1) is 30.6. The minimum absolute atomic E-state index is 0.0795. The van der Waals surface area contributed by atoms with Crippen molar-refractivity contribution >= 4 is 34.9 Å². The Labute approximate surface area is 209 Å². The van der Waals surface area contributed by atoms with E-state index < -0.39 is 48.4 Å². The van der Waals surface area contributed by atoms with E-state index in [2.05, 4.69) is 15.6 Å². The normalized spacial score (nSPS) is 12.6. The van der Waals surface area contributed by atoms with Gasteiger partial charge in [-0.1, -0.05) is 6.92 Å². The largest absolute Gasteiger partial charge is 0.805 e. The average Bonchev–Trinajstić information content (AvgIpc) is 2.81. The van der Waals surface area contributed by atoms with Crippen molar-refractivity contribution in [1.29, 1.82) is 5.41 Å². The average molecular weight is 509 g/mol. The van der Waals surface area contributed by atoms with E-state index in [1.165, 1.54) is 19.3 Å². The molecule has 0 saturated heterocycles. The Morgan fingerprint density at radius 2 is 2.00 bits per heavy atom. The molecule has 0 aromatic carbocycles. The van der Waals surface area contributed by atoms with Gasteiger partial charge in [-0.05, 0) is 46.2 Å². The first-order valence-electron chi connectivity index (χ1n) is 11.7. The van der Waals surface area contributed by atoms with Gasteiger partial charge >= 0.3 is 5.97 Å². The van der Waals surface area contributed by atoms with Gasteiger partial charge in [-0.15, -0.1) is 5.71 Å². The Morgan fingerprint density at radius 1 is 1.31 bits per heavy atom. The standard InChI is InChI=1S/C23H35FN7O5/c1-4-18(31-11-9-27-21(23(31)36)28-13-16(26)15(2)25)22(35)29-17(12-20(33)34)19(32)14-30(3)10-7-5-6-8-24/h9,11,17-18,25H,4-8,10,12-14H2,1-3H3,(H,27,28)(H,29,35)(H,33,34)/q-1. The maximum absolute atomic E-state index is 13.0. The molecule has 13 heteroatoms. The van der Waals surface area contributed by atoms with E-state index in [4.69, 9.17) is 5.41 Å². The molecule has 0 aliphatic carbocycles. The number of nitrogens with one attached hydrogen (secondary N) is 3. The number of halogens is 1. The van der Waals surface area contributed by atoms with E-state index >= 15 is 0 Å². The summed E-state index contributed by atoms with van der Waals surface area (Å²) < 4.78 is 13.3. The van der Waals surface area contributed by atoms with Crippen molar-refractivity contribution in [3.63, 3.8) is 0 Å². The van der Waals surface area contributed by atoms with Crippen molar-refractivity contribution in [2.75, 3.05) is 38.7 Å². The molecule has 0 spiro atoms. The van der Waals surface area contributed by atoms with Gasteiger partial charge in [0.25, 0.3) is 5.56 Å². The van der Waals surface area contributed by atoms with Gasteiger partial charge in [-0.3, -0.25) is 33.0 Å². The number of unbranched alkanes of at least 4 members (excludes halogenated alkanes) is 2. The van der Waals surface area contributed by atoms with E-state index in [1.54, 1.807) is 18.9 Å². The maximum atomic E-state index is 13.0. The molecule has 0 radical (unpaired) electrons. The number of likely N-dealkylation sites (N-methyl/N-ethyl adjacent to an activating group) is 1. The summed E-state index contributed by atoms with van der Waals surface area (Å²) in [5.74, 6) is -2.61. The summed E-state index contributed by atoms with van der Waals surface area (Å²) in [5, 5.41) is 31.4. The molecule has 1 heterocycles. The SMILES string of the molecule is CCC(C(=O)NC(CC(=O)O)C(=O)CN(C)CCCCCF)n1ccnc(NCC(=[N-])C(C)=N)c1=O. The van der Waals surface area contributed by atoms with Gasteiger partial charge in [0.1, 0.15) is 6.04 Å². The van der Waals surface area contributed by atoms with Gasteiger partial charge in [0.15, 0.2) is 11.6 Å². The zero-order chi connectivity index (χ0) is 27.3. The molecule has 0 fully saturated rings. The number of nitrogens with zero attached hydrogens (tertiary/aromatic N) is 4. The molecule has 0 aliphatic heterocycles. The summed E-state index contributed by atoms with van der Waals surface area (Å²) in [6.45, 7) is 2.84. The number of carboxylic acid groups (broad SMARTS) is 1. The summed E-state index contributed by atoms with van der Waals surface area (Å²) in [7, 11) is 1.68. The summed E-state index contributed by atoms with van der Waals surface area (Å²) >= 11 is 0. The number of aromatic nitrogens is 2. The van der Waals surface area contributed by atoms with Gasteiger partial charge in [0, 0.05) is 24.7 Å². The fourth-order valence-corrected chi connectivity index (χ4v) is 3.40. The minimum Gasteiger partial charge on any atom is -0.805 e. The molecule has 200 valence electrons. The third kappa shape index (κ3) is 10.0. The van der Waals surface area contributed by atoms with E-state index in [0.717, 1.165) is 4.57 Å². The van der Waals surface area contributed by atoms with Gasteiger partial charge in [0.05, 0.1) is 25.7 Å². The van der Waals surface area contributed by atoms with Crippen LogP contribution < -0.4 is 16.2 Å². The number of anilines is 1. The maximum Gasteiger partial charge on any atom is 0.305 e. The van der Waals surface area contributed by atoms with Gasteiger partial charge in [0.2, 0.25) is 5.91 Å². The number of carbonyl (C=O) groups excluding carboxylic acids is 2. The lowest BCUT2D eigenvalue weighted by molar-refractivity contribution is -0.140. The van der Waals surface area contributed by atoms with Crippen molar-refractivity contribution < 1.29 is 23.9 Å². The molecule has 1 aromatic rings. The van der Waals surface area contributed by atoms with Crippen LogP contribution in [0.3, 0.4) is 0 Å². The summed E-state index contributed by atoms with van der Waals surface area (Å²) in [5.41, 5.74) is -1.02. The number of aliphatic carboxylic acids is 1. The van der Waals surface area contributed by atoms with Crippen LogP contribution in [0.25, 0.3) is 5.41 Å². The van der Waals surface area contributed by atoms with Crippen LogP contribution in [0.1, 0.15) is 52.0 Å². The van der Waals surface area contributed by atoms with Crippen LogP contribution >= 0.6 is 0 Å². The van der Waals surface area contributed by atoms with E-state index in [-0.39, 0.29) is 36.8 Å². The van der Waals surface area contributed by atoms with Crippen LogP contribution in [0.15, 0.2) is 17.2 Å². The lowest BCUT2D eigenvalue weighted by Gasteiger charge is -2.24. The Hall–Kier alpha value is -3.48. The second kappa shape index (κ2) is 15.5. The number of alkyl halides is 1. The Bertz CT molecular complexity index is 997. The van der Waals surface area contributed by atoms with Gasteiger partial charge in [-0.25, -0.2) is 4.98 Å². The smallest absolute Gasteiger partial charge is 0.305 e. The number of hydrogen-bond acceptors (Lipinski definition) is 8. The number of carboxylic acids is 1. The first-order valence-corrected chi connectivity index (χ1v) is 11.7. The second-order valence-electron chi connectivity index (χ2n) is 8.45. The fourth-order valence-electron chi connectivity index (χ4n) is 3.40. The highest BCUT2D eigenvalue weighted by molar-refractivity contribution is 6.42. The second-order valence-corrected chi connectivity index (χ2v) is 8.45. The van der Waals surface area contributed by atoms with Crippen molar-refractivity contribution in [3.8, 4) is 0 Å². The van der Waals surface area contributed by atoms with Crippen LogP contribution in [-0.4, -0.2) is 88.0 Å². The Morgan fingerprint density at radius 3 is 2.58 bits per heavy atom. The predicted molar refractivity (Wildman–Crippen MR) is 135 cm³/mol. The fraction of sp³-hybridized carbons (Fsp3) is 0.609.